The molecule has 5 heteroatoms. The molecule has 136 valence electrons. The first-order valence-electron chi connectivity index (χ1n) is 9.01. The summed E-state index contributed by atoms with van der Waals surface area (Å²) in [6, 6.07) is 13.6. The number of benzene rings is 2. The van der Waals surface area contributed by atoms with Gasteiger partial charge in [0.25, 0.3) is 0 Å². The maximum atomic E-state index is 12.8. The second-order valence-corrected chi connectivity index (χ2v) is 9.02. The van der Waals surface area contributed by atoms with E-state index in [0.717, 1.165) is 30.4 Å². The Hall–Kier alpha value is -2.11. The fourth-order valence-corrected chi connectivity index (χ4v) is 5.35. The van der Waals surface area contributed by atoms with Crippen LogP contribution < -0.4 is 4.72 Å². The van der Waals surface area contributed by atoms with Crippen molar-refractivity contribution in [1.29, 1.82) is 0 Å². The van der Waals surface area contributed by atoms with Crippen LogP contribution in [-0.4, -0.2) is 19.0 Å². The highest BCUT2D eigenvalue weighted by atomic mass is 32.2. The number of aryl methyl sites for hydroxylation is 3. The maximum absolute atomic E-state index is 12.8. The number of nitrogens with one attached hydrogen (secondary N) is 1. The molecule has 0 aliphatic heterocycles. The van der Waals surface area contributed by atoms with Crippen molar-refractivity contribution in [3.8, 4) is 0 Å². The minimum atomic E-state index is -3.50. The lowest BCUT2D eigenvalue weighted by Crippen LogP contribution is -2.38. The van der Waals surface area contributed by atoms with Crippen LogP contribution in [0.5, 0.6) is 0 Å². The zero-order valence-corrected chi connectivity index (χ0v) is 16.2. The Morgan fingerprint density at radius 1 is 1.08 bits per heavy atom. The lowest BCUT2D eigenvalue weighted by atomic mass is 9.92. The van der Waals surface area contributed by atoms with Gasteiger partial charge in [0.05, 0.1) is 4.90 Å². The molecule has 0 saturated heterocycles. The normalized spacial score (nSPS) is 17.4. The summed E-state index contributed by atoms with van der Waals surface area (Å²) in [4.78, 5) is 0.351. The van der Waals surface area contributed by atoms with E-state index < -0.39 is 10.0 Å². The van der Waals surface area contributed by atoms with Crippen LogP contribution in [-0.2, 0) is 29.9 Å². The molecular weight excluding hydrogens is 344 g/mol. The number of aromatic nitrogens is 1. The first-order valence-corrected chi connectivity index (χ1v) is 10.5. The van der Waals surface area contributed by atoms with Gasteiger partial charge in [-0.2, -0.15) is 0 Å². The molecule has 0 fully saturated rings. The molecule has 1 aliphatic rings. The number of hydrogen-bond donors (Lipinski definition) is 1. The molecule has 1 N–H and O–H groups in total. The Kier molecular flexibility index (Phi) is 4.16. The molecule has 1 aliphatic carbocycles. The highest BCUT2D eigenvalue weighted by Gasteiger charge is 2.27. The highest BCUT2D eigenvalue weighted by Crippen LogP contribution is 2.31. The standard InChI is InChI=1S/C21H24N2O2S/c1-14-8-10-17(12-15(14)2)26(24,25)22-16-9-11-21-19(13-16)18-6-4-5-7-20(18)23(21)3/h4-8,10,12,16,22H,9,11,13H2,1-3H3. The van der Waals surface area contributed by atoms with Crippen molar-refractivity contribution < 1.29 is 8.42 Å². The Morgan fingerprint density at radius 2 is 1.85 bits per heavy atom. The van der Waals surface area contributed by atoms with E-state index in [1.165, 1.54) is 22.2 Å². The van der Waals surface area contributed by atoms with Crippen molar-refractivity contribution in [2.45, 2.75) is 44.0 Å². The van der Waals surface area contributed by atoms with Crippen molar-refractivity contribution >= 4 is 20.9 Å². The zero-order chi connectivity index (χ0) is 18.5. The molecule has 0 spiro atoms. The van der Waals surface area contributed by atoms with Gasteiger partial charge in [0.1, 0.15) is 0 Å². The Labute approximate surface area is 154 Å². The van der Waals surface area contributed by atoms with Gasteiger partial charge in [-0.3, -0.25) is 0 Å². The molecule has 1 aromatic heterocycles. The lowest BCUT2D eigenvalue weighted by Gasteiger charge is -2.24. The summed E-state index contributed by atoms with van der Waals surface area (Å²) in [5, 5.41) is 1.24. The minimum Gasteiger partial charge on any atom is -0.347 e. The molecule has 0 saturated carbocycles. The molecule has 4 nitrogen and oxygen atoms in total. The molecule has 0 radical (unpaired) electrons. The Balaban J connectivity index is 1.63. The largest absolute Gasteiger partial charge is 0.347 e. The van der Waals surface area contributed by atoms with Crippen LogP contribution in [0.4, 0.5) is 0 Å². The predicted octanol–water partition coefficient (Wildman–Crippen LogP) is 3.63. The van der Waals surface area contributed by atoms with Gasteiger partial charge in [-0.05, 0) is 68.0 Å². The van der Waals surface area contributed by atoms with Crippen molar-refractivity contribution in [3.63, 3.8) is 0 Å². The van der Waals surface area contributed by atoms with Gasteiger partial charge in [0.15, 0.2) is 0 Å². The number of hydrogen-bond acceptors (Lipinski definition) is 2. The van der Waals surface area contributed by atoms with E-state index in [4.69, 9.17) is 0 Å². The number of fused-ring (bicyclic) bond motifs is 3. The van der Waals surface area contributed by atoms with Gasteiger partial charge in [0.2, 0.25) is 10.0 Å². The van der Waals surface area contributed by atoms with Crippen molar-refractivity contribution in [1.82, 2.24) is 9.29 Å². The van der Waals surface area contributed by atoms with E-state index >= 15 is 0 Å². The van der Waals surface area contributed by atoms with Gasteiger partial charge in [-0.15, -0.1) is 0 Å². The van der Waals surface area contributed by atoms with E-state index in [-0.39, 0.29) is 6.04 Å². The average molecular weight is 369 g/mol. The monoisotopic (exact) mass is 368 g/mol. The van der Waals surface area contributed by atoms with Crippen LogP contribution >= 0.6 is 0 Å². The van der Waals surface area contributed by atoms with Gasteiger partial charge in [-0.1, -0.05) is 24.3 Å². The summed E-state index contributed by atoms with van der Waals surface area (Å²) in [7, 11) is -1.41. The predicted molar refractivity (Wildman–Crippen MR) is 105 cm³/mol. The van der Waals surface area contributed by atoms with Crippen molar-refractivity contribution in [2.75, 3.05) is 0 Å². The summed E-state index contributed by atoms with van der Waals surface area (Å²) in [5.74, 6) is 0. The van der Waals surface area contributed by atoms with Crippen LogP contribution in [0, 0.1) is 13.8 Å². The molecule has 0 bridgehead atoms. The first kappa shape index (κ1) is 17.3. The van der Waals surface area contributed by atoms with Crippen LogP contribution in [0.3, 0.4) is 0 Å². The molecule has 4 rings (SSSR count). The summed E-state index contributed by atoms with van der Waals surface area (Å²) in [5.41, 5.74) is 5.92. The third kappa shape index (κ3) is 2.85. The highest BCUT2D eigenvalue weighted by molar-refractivity contribution is 7.89. The Morgan fingerprint density at radius 3 is 2.62 bits per heavy atom. The third-order valence-corrected chi connectivity index (χ3v) is 7.15. The molecule has 1 heterocycles. The first-order chi connectivity index (χ1) is 12.4. The summed E-state index contributed by atoms with van der Waals surface area (Å²) < 4.78 is 30.8. The average Bonchev–Trinajstić information content (AvgIpc) is 2.90. The van der Waals surface area contributed by atoms with E-state index in [1.54, 1.807) is 12.1 Å². The number of para-hydroxylation sites is 1. The van der Waals surface area contributed by atoms with Crippen LogP contribution in [0.1, 0.15) is 28.8 Å². The summed E-state index contributed by atoms with van der Waals surface area (Å²) in [6.45, 7) is 3.93. The van der Waals surface area contributed by atoms with Crippen LogP contribution in [0.15, 0.2) is 47.4 Å². The van der Waals surface area contributed by atoms with Crippen molar-refractivity contribution in [3.05, 3.63) is 64.8 Å². The zero-order valence-electron chi connectivity index (χ0n) is 15.4. The molecule has 3 aromatic rings. The van der Waals surface area contributed by atoms with Gasteiger partial charge < -0.3 is 4.57 Å². The Bertz CT molecular complexity index is 1100. The van der Waals surface area contributed by atoms with E-state index in [9.17, 15) is 8.42 Å². The molecule has 0 amide bonds. The quantitative estimate of drug-likeness (QED) is 0.767. The number of sulfonamides is 1. The molecule has 2 aromatic carbocycles. The maximum Gasteiger partial charge on any atom is 0.240 e. The van der Waals surface area contributed by atoms with Crippen LogP contribution in [0.25, 0.3) is 10.9 Å². The number of nitrogens with zero attached hydrogens (tertiary/aromatic N) is 1. The van der Waals surface area contributed by atoms with Gasteiger partial charge in [0, 0.05) is 29.7 Å². The second-order valence-electron chi connectivity index (χ2n) is 7.31. The van der Waals surface area contributed by atoms with Gasteiger partial charge in [-0.25, -0.2) is 13.1 Å². The van der Waals surface area contributed by atoms with E-state index in [1.807, 2.05) is 32.0 Å². The molecule has 1 atom stereocenters. The molecule has 1 unspecified atom stereocenters. The smallest absolute Gasteiger partial charge is 0.240 e. The summed E-state index contributed by atoms with van der Waals surface area (Å²) in [6.07, 6.45) is 2.45. The SMILES string of the molecule is Cc1ccc(S(=O)(=O)NC2CCc3c(c4ccccc4n3C)C2)cc1C. The molecule has 26 heavy (non-hydrogen) atoms. The van der Waals surface area contributed by atoms with Gasteiger partial charge >= 0.3 is 0 Å². The van der Waals surface area contributed by atoms with E-state index in [2.05, 4.69) is 28.5 Å². The van der Waals surface area contributed by atoms with Crippen molar-refractivity contribution in [2.24, 2.45) is 7.05 Å². The van der Waals surface area contributed by atoms with Crippen LogP contribution in [0.2, 0.25) is 0 Å². The third-order valence-electron chi connectivity index (χ3n) is 5.63. The number of rotatable bonds is 3. The minimum absolute atomic E-state index is 0.0695. The van der Waals surface area contributed by atoms with E-state index in [0.29, 0.717) is 4.90 Å². The summed E-state index contributed by atoms with van der Waals surface area (Å²) >= 11 is 0. The topological polar surface area (TPSA) is 51.1 Å². The fourth-order valence-electron chi connectivity index (χ4n) is 4.00. The lowest BCUT2D eigenvalue weighted by molar-refractivity contribution is 0.501. The second kappa shape index (κ2) is 6.25. The molecular formula is C21H24N2O2S. The fraction of sp³-hybridized carbons (Fsp3) is 0.333.